The highest BCUT2D eigenvalue weighted by Crippen LogP contribution is 2.38. The smallest absolute Gasteiger partial charge is 0.234 e. The number of amides is 1. The van der Waals surface area contributed by atoms with Crippen molar-refractivity contribution >= 4 is 23.4 Å². The first-order valence-electron chi connectivity index (χ1n) is 7.46. The van der Waals surface area contributed by atoms with Gasteiger partial charge in [0.1, 0.15) is 5.82 Å². The van der Waals surface area contributed by atoms with Gasteiger partial charge in [-0.3, -0.25) is 4.79 Å². The SMILES string of the molecule is Cc1cccc(NC(=O)CSc2nnc(C)n2C2CC2)c1C. The lowest BCUT2D eigenvalue weighted by atomic mass is 10.1. The maximum absolute atomic E-state index is 12.2. The molecule has 0 unspecified atom stereocenters. The van der Waals surface area contributed by atoms with Gasteiger partial charge in [-0.15, -0.1) is 10.2 Å². The van der Waals surface area contributed by atoms with Gasteiger partial charge in [-0.25, -0.2) is 0 Å². The number of carbonyl (C=O) groups is 1. The third-order valence-corrected chi connectivity index (χ3v) is 4.90. The summed E-state index contributed by atoms with van der Waals surface area (Å²) in [6, 6.07) is 6.46. The van der Waals surface area contributed by atoms with Crippen LogP contribution in [0.15, 0.2) is 23.4 Å². The molecule has 1 N–H and O–H groups in total. The molecule has 0 aliphatic heterocycles. The Balaban J connectivity index is 1.62. The van der Waals surface area contributed by atoms with Crippen LogP contribution < -0.4 is 5.32 Å². The number of nitrogens with one attached hydrogen (secondary N) is 1. The highest BCUT2D eigenvalue weighted by molar-refractivity contribution is 7.99. The number of benzene rings is 1. The number of hydrogen-bond donors (Lipinski definition) is 1. The second kappa shape index (κ2) is 6.12. The molecular formula is C16H20N4OS. The van der Waals surface area contributed by atoms with E-state index in [1.54, 1.807) is 0 Å². The number of carbonyl (C=O) groups excluding carboxylic acids is 1. The molecule has 22 heavy (non-hydrogen) atoms. The molecule has 6 heteroatoms. The molecule has 1 heterocycles. The van der Waals surface area contributed by atoms with E-state index >= 15 is 0 Å². The summed E-state index contributed by atoms with van der Waals surface area (Å²) in [6.07, 6.45) is 2.36. The first-order chi connectivity index (χ1) is 10.6. The van der Waals surface area contributed by atoms with Gasteiger partial charge >= 0.3 is 0 Å². The van der Waals surface area contributed by atoms with Crippen molar-refractivity contribution in [3.8, 4) is 0 Å². The van der Waals surface area contributed by atoms with Crippen molar-refractivity contribution in [3.63, 3.8) is 0 Å². The fourth-order valence-electron chi connectivity index (χ4n) is 2.40. The molecule has 1 aromatic carbocycles. The van der Waals surface area contributed by atoms with Gasteiger partial charge in [0.25, 0.3) is 0 Å². The summed E-state index contributed by atoms with van der Waals surface area (Å²) in [5, 5.41) is 12.1. The van der Waals surface area contributed by atoms with Crippen molar-refractivity contribution in [1.29, 1.82) is 0 Å². The number of hydrogen-bond acceptors (Lipinski definition) is 4. The summed E-state index contributed by atoms with van der Waals surface area (Å²) in [5.41, 5.74) is 3.16. The molecule has 0 spiro atoms. The van der Waals surface area contributed by atoms with E-state index in [1.807, 2.05) is 39.0 Å². The number of rotatable bonds is 5. The van der Waals surface area contributed by atoms with Gasteiger partial charge in [0, 0.05) is 11.7 Å². The minimum absolute atomic E-state index is 0.0123. The number of aryl methyl sites for hydroxylation is 2. The van der Waals surface area contributed by atoms with Crippen LogP contribution in [0.4, 0.5) is 5.69 Å². The number of nitrogens with zero attached hydrogens (tertiary/aromatic N) is 3. The average molecular weight is 316 g/mol. The summed E-state index contributed by atoms with van der Waals surface area (Å²) >= 11 is 1.45. The molecule has 0 radical (unpaired) electrons. The lowest BCUT2D eigenvalue weighted by molar-refractivity contribution is -0.113. The van der Waals surface area contributed by atoms with Crippen LogP contribution in [-0.4, -0.2) is 26.4 Å². The summed E-state index contributed by atoms with van der Waals surface area (Å²) < 4.78 is 2.15. The van der Waals surface area contributed by atoms with Crippen LogP contribution in [0, 0.1) is 20.8 Å². The van der Waals surface area contributed by atoms with Gasteiger partial charge < -0.3 is 9.88 Å². The summed E-state index contributed by atoms with van der Waals surface area (Å²) in [7, 11) is 0. The topological polar surface area (TPSA) is 59.8 Å². The highest BCUT2D eigenvalue weighted by atomic mass is 32.2. The van der Waals surface area contributed by atoms with E-state index in [4.69, 9.17) is 0 Å². The summed E-state index contributed by atoms with van der Waals surface area (Å²) in [6.45, 7) is 6.03. The quantitative estimate of drug-likeness (QED) is 0.860. The van der Waals surface area contributed by atoms with E-state index < -0.39 is 0 Å². The van der Waals surface area contributed by atoms with E-state index in [0.717, 1.165) is 22.2 Å². The molecule has 5 nitrogen and oxygen atoms in total. The lowest BCUT2D eigenvalue weighted by Crippen LogP contribution is -2.15. The first-order valence-corrected chi connectivity index (χ1v) is 8.45. The molecule has 1 amide bonds. The Kier molecular flexibility index (Phi) is 4.20. The number of thioether (sulfide) groups is 1. The molecule has 116 valence electrons. The molecule has 1 saturated carbocycles. The minimum atomic E-state index is -0.0123. The van der Waals surface area contributed by atoms with Crippen molar-refractivity contribution < 1.29 is 4.79 Å². The number of aromatic nitrogens is 3. The molecule has 0 saturated heterocycles. The Hall–Kier alpha value is -1.82. The average Bonchev–Trinajstić information content (AvgIpc) is 3.25. The van der Waals surface area contributed by atoms with E-state index in [0.29, 0.717) is 11.8 Å². The molecule has 0 bridgehead atoms. The Bertz CT molecular complexity index is 706. The summed E-state index contributed by atoms with van der Waals surface area (Å²) in [4.78, 5) is 12.2. The van der Waals surface area contributed by atoms with Crippen LogP contribution in [0.25, 0.3) is 0 Å². The molecular weight excluding hydrogens is 296 g/mol. The van der Waals surface area contributed by atoms with E-state index in [9.17, 15) is 4.79 Å². The fraction of sp³-hybridized carbons (Fsp3) is 0.438. The van der Waals surface area contributed by atoms with Gasteiger partial charge in [0.15, 0.2) is 5.16 Å². The van der Waals surface area contributed by atoms with E-state index in [2.05, 4.69) is 20.1 Å². The monoisotopic (exact) mass is 316 g/mol. The van der Waals surface area contributed by atoms with Crippen molar-refractivity contribution in [2.24, 2.45) is 0 Å². The van der Waals surface area contributed by atoms with Gasteiger partial charge in [-0.1, -0.05) is 23.9 Å². The van der Waals surface area contributed by atoms with Gasteiger partial charge in [0.05, 0.1) is 5.75 Å². The van der Waals surface area contributed by atoms with Crippen LogP contribution in [-0.2, 0) is 4.79 Å². The number of anilines is 1. The zero-order valence-corrected chi connectivity index (χ0v) is 13.9. The molecule has 1 fully saturated rings. The second-order valence-electron chi connectivity index (χ2n) is 5.72. The Morgan fingerprint density at radius 2 is 2.09 bits per heavy atom. The lowest BCUT2D eigenvalue weighted by Gasteiger charge is -2.10. The maximum atomic E-state index is 12.2. The molecule has 3 rings (SSSR count). The van der Waals surface area contributed by atoms with Crippen molar-refractivity contribution in [2.75, 3.05) is 11.1 Å². The van der Waals surface area contributed by atoms with Crippen LogP contribution in [0.2, 0.25) is 0 Å². The Labute approximate surface area is 134 Å². The van der Waals surface area contributed by atoms with Crippen LogP contribution in [0.1, 0.15) is 35.8 Å². The van der Waals surface area contributed by atoms with Crippen LogP contribution >= 0.6 is 11.8 Å². The fourth-order valence-corrected chi connectivity index (χ4v) is 3.26. The van der Waals surface area contributed by atoms with Crippen LogP contribution in [0.3, 0.4) is 0 Å². The van der Waals surface area contributed by atoms with E-state index in [-0.39, 0.29) is 5.91 Å². The van der Waals surface area contributed by atoms with Crippen molar-refractivity contribution in [1.82, 2.24) is 14.8 Å². The molecule has 1 aliphatic rings. The normalized spacial score (nSPS) is 14.1. The van der Waals surface area contributed by atoms with E-state index in [1.165, 1.54) is 30.2 Å². The standard InChI is InChI=1S/C16H20N4OS/c1-10-5-4-6-14(11(10)2)17-15(21)9-22-16-19-18-12(3)20(16)13-7-8-13/h4-6,13H,7-9H2,1-3H3,(H,17,21). The molecule has 1 aliphatic carbocycles. The second-order valence-corrected chi connectivity index (χ2v) is 6.66. The van der Waals surface area contributed by atoms with Crippen molar-refractivity contribution in [2.45, 2.75) is 44.8 Å². The predicted octanol–water partition coefficient (Wildman–Crippen LogP) is 3.27. The van der Waals surface area contributed by atoms with Crippen molar-refractivity contribution in [3.05, 3.63) is 35.2 Å². The van der Waals surface area contributed by atoms with Gasteiger partial charge in [0.2, 0.25) is 5.91 Å². The first kappa shape index (κ1) is 15.1. The minimum Gasteiger partial charge on any atom is -0.325 e. The van der Waals surface area contributed by atoms with Gasteiger partial charge in [-0.2, -0.15) is 0 Å². The Morgan fingerprint density at radius 3 is 2.82 bits per heavy atom. The summed E-state index contributed by atoms with van der Waals surface area (Å²) in [5.74, 6) is 1.26. The largest absolute Gasteiger partial charge is 0.325 e. The third kappa shape index (κ3) is 3.16. The predicted molar refractivity (Wildman–Crippen MR) is 88.3 cm³/mol. The zero-order chi connectivity index (χ0) is 15.7. The Morgan fingerprint density at radius 1 is 1.32 bits per heavy atom. The van der Waals surface area contributed by atoms with Crippen LogP contribution in [0.5, 0.6) is 0 Å². The molecule has 1 aromatic heterocycles. The zero-order valence-electron chi connectivity index (χ0n) is 13.1. The molecule has 0 atom stereocenters. The highest BCUT2D eigenvalue weighted by Gasteiger charge is 2.28. The maximum Gasteiger partial charge on any atom is 0.234 e. The third-order valence-electron chi connectivity index (χ3n) is 3.96. The van der Waals surface area contributed by atoms with Gasteiger partial charge in [-0.05, 0) is 50.8 Å². The molecule has 2 aromatic rings.